The summed E-state index contributed by atoms with van der Waals surface area (Å²) in [5.41, 5.74) is 0. The lowest BCUT2D eigenvalue weighted by molar-refractivity contribution is 0.0315. The zero-order valence-corrected chi connectivity index (χ0v) is 8.59. The van der Waals surface area contributed by atoms with Gasteiger partial charge in [-0.05, 0) is 30.2 Å². The van der Waals surface area contributed by atoms with Crippen molar-refractivity contribution >= 4 is 11.3 Å². The molecule has 70 valence electrons. The number of nitrogens with zero attached hydrogens (tertiary/aromatic N) is 1. The summed E-state index contributed by atoms with van der Waals surface area (Å²) in [4.78, 5) is 4.19. The average Bonchev–Trinajstić information content (AvgIpc) is 2.69. The van der Waals surface area contributed by atoms with E-state index in [1.165, 1.54) is 37.2 Å². The zero-order valence-electron chi connectivity index (χ0n) is 7.78. The third-order valence-electron chi connectivity index (χ3n) is 3.50. The highest BCUT2D eigenvalue weighted by Crippen LogP contribution is 2.39. The molecule has 0 amide bonds. The maximum atomic E-state index is 2.66. The molecule has 3 rings (SSSR count). The number of hydrogen-bond acceptors (Lipinski definition) is 2. The predicted molar refractivity (Wildman–Crippen MR) is 55.9 cm³/mol. The lowest BCUT2D eigenvalue weighted by atomic mass is 9.92. The molecule has 1 nitrogen and oxygen atoms in total. The molecular formula is C11H15NS. The van der Waals surface area contributed by atoms with Gasteiger partial charge in [-0.15, -0.1) is 11.3 Å². The van der Waals surface area contributed by atoms with Crippen molar-refractivity contribution in [3.8, 4) is 0 Å². The summed E-state index contributed by atoms with van der Waals surface area (Å²) in [5.74, 6) is 1.06. The molecule has 0 N–H and O–H groups in total. The molecular weight excluding hydrogens is 178 g/mol. The van der Waals surface area contributed by atoms with Gasteiger partial charge in [0.15, 0.2) is 0 Å². The number of fused-ring (bicyclic) bond motifs is 1. The Balaban J connectivity index is 1.63. The van der Waals surface area contributed by atoms with Crippen molar-refractivity contribution in [3.05, 3.63) is 22.4 Å². The van der Waals surface area contributed by atoms with Gasteiger partial charge in [-0.25, -0.2) is 0 Å². The van der Waals surface area contributed by atoms with Gasteiger partial charge in [-0.2, -0.15) is 0 Å². The zero-order chi connectivity index (χ0) is 8.67. The first-order valence-corrected chi connectivity index (χ1v) is 6.08. The van der Waals surface area contributed by atoms with E-state index < -0.39 is 0 Å². The van der Waals surface area contributed by atoms with Crippen LogP contribution < -0.4 is 0 Å². The highest BCUT2D eigenvalue weighted by Gasteiger charge is 2.41. The van der Waals surface area contributed by atoms with Gasteiger partial charge in [0.2, 0.25) is 0 Å². The molecule has 1 aromatic rings. The minimum atomic E-state index is 0.946. The molecule has 0 spiro atoms. The minimum Gasteiger partial charge on any atom is -0.295 e. The highest BCUT2D eigenvalue weighted by molar-refractivity contribution is 7.09. The first-order valence-electron chi connectivity index (χ1n) is 5.20. The first-order chi connectivity index (χ1) is 6.43. The highest BCUT2D eigenvalue weighted by atomic mass is 32.1. The first kappa shape index (κ1) is 8.01. The van der Waals surface area contributed by atoms with Gasteiger partial charge < -0.3 is 0 Å². The molecule has 2 heteroatoms. The second-order valence-corrected chi connectivity index (χ2v) is 5.30. The largest absolute Gasteiger partial charge is 0.295 e. The van der Waals surface area contributed by atoms with E-state index in [0.29, 0.717) is 0 Å². The Bertz CT molecular complexity index is 280. The van der Waals surface area contributed by atoms with Crippen molar-refractivity contribution in [3.63, 3.8) is 0 Å². The molecule has 1 aliphatic heterocycles. The van der Waals surface area contributed by atoms with E-state index in [-0.39, 0.29) is 0 Å². The van der Waals surface area contributed by atoms with Crippen molar-refractivity contribution in [2.24, 2.45) is 5.92 Å². The number of rotatable bonds is 2. The van der Waals surface area contributed by atoms with Crippen LogP contribution in [0.4, 0.5) is 0 Å². The molecule has 1 aromatic heterocycles. The molecule has 1 saturated carbocycles. The van der Waals surface area contributed by atoms with E-state index in [4.69, 9.17) is 0 Å². The van der Waals surface area contributed by atoms with Gasteiger partial charge >= 0.3 is 0 Å². The van der Waals surface area contributed by atoms with Crippen molar-refractivity contribution < 1.29 is 0 Å². The fraction of sp³-hybridized carbons (Fsp3) is 0.636. The molecule has 2 heterocycles. The summed E-state index contributed by atoms with van der Waals surface area (Å²) in [6, 6.07) is 5.36. The number of likely N-dealkylation sites (tertiary alicyclic amines) is 1. The molecule has 13 heavy (non-hydrogen) atoms. The Morgan fingerprint density at radius 2 is 2.46 bits per heavy atom. The third-order valence-corrected chi connectivity index (χ3v) is 4.36. The van der Waals surface area contributed by atoms with Gasteiger partial charge in [-0.3, -0.25) is 4.90 Å². The Kier molecular flexibility index (Phi) is 1.91. The summed E-state index contributed by atoms with van der Waals surface area (Å²) in [5, 5.41) is 2.18. The van der Waals surface area contributed by atoms with Crippen molar-refractivity contribution in [1.29, 1.82) is 0 Å². The van der Waals surface area contributed by atoms with Crippen LogP contribution in [0.5, 0.6) is 0 Å². The molecule has 1 saturated heterocycles. The number of thiophene rings is 1. The Morgan fingerprint density at radius 3 is 3.23 bits per heavy atom. The summed E-state index contributed by atoms with van der Waals surface area (Å²) in [6.45, 7) is 2.57. The number of hydrogen-bond donors (Lipinski definition) is 0. The fourth-order valence-corrected chi connectivity index (χ4v) is 3.52. The molecule has 2 fully saturated rings. The van der Waals surface area contributed by atoms with Crippen LogP contribution in [0, 0.1) is 5.92 Å². The lowest BCUT2D eigenvalue weighted by Gasteiger charge is -2.44. The van der Waals surface area contributed by atoms with E-state index in [1.807, 2.05) is 11.3 Å². The normalized spacial score (nSPS) is 32.9. The second kappa shape index (κ2) is 3.10. The predicted octanol–water partition coefficient (Wildman–Crippen LogP) is 2.73. The quantitative estimate of drug-likeness (QED) is 0.698. The van der Waals surface area contributed by atoms with E-state index in [0.717, 1.165) is 12.0 Å². The van der Waals surface area contributed by atoms with Crippen LogP contribution in [-0.4, -0.2) is 17.5 Å². The van der Waals surface area contributed by atoms with Crippen LogP contribution in [0.1, 0.15) is 24.1 Å². The van der Waals surface area contributed by atoms with Crippen molar-refractivity contribution in [2.45, 2.75) is 31.8 Å². The molecule has 2 atom stereocenters. The molecule has 0 aromatic carbocycles. The molecule has 1 aliphatic carbocycles. The SMILES string of the molecule is c1csc(CN2CC3CCCC32)c1. The molecule has 0 radical (unpaired) electrons. The standard InChI is InChI=1S/C11H15NS/c1-3-9-7-12(11(9)5-1)8-10-4-2-6-13-10/h2,4,6,9,11H,1,3,5,7-8H2. The van der Waals surface area contributed by atoms with E-state index in [9.17, 15) is 0 Å². The fourth-order valence-electron chi connectivity index (χ4n) is 2.79. The van der Waals surface area contributed by atoms with Crippen LogP contribution in [0.2, 0.25) is 0 Å². The van der Waals surface area contributed by atoms with Gasteiger partial charge in [-0.1, -0.05) is 12.5 Å². The third kappa shape index (κ3) is 1.32. The maximum Gasteiger partial charge on any atom is 0.0331 e. The minimum absolute atomic E-state index is 0.946. The van der Waals surface area contributed by atoms with Gasteiger partial charge in [0.05, 0.1) is 0 Å². The lowest BCUT2D eigenvalue weighted by Crippen LogP contribution is -2.52. The Hall–Kier alpha value is -0.340. The van der Waals surface area contributed by atoms with Gasteiger partial charge in [0.1, 0.15) is 0 Å². The van der Waals surface area contributed by atoms with Crippen LogP contribution in [0.25, 0.3) is 0 Å². The monoisotopic (exact) mass is 193 g/mol. The van der Waals surface area contributed by atoms with Crippen LogP contribution in [0.15, 0.2) is 17.5 Å². The van der Waals surface area contributed by atoms with Crippen molar-refractivity contribution in [1.82, 2.24) is 4.90 Å². The molecule has 2 aliphatic rings. The second-order valence-electron chi connectivity index (χ2n) is 4.27. The summed E-state index contributed by atoms with van der Waals surface area (Å²) in [6.07, 6.45) is 4.41. The van der Waals surface area contributed by atoms with Crippen LogP contribution >= 0.6 is 11.3 Å². The molecule has 0 bridgehead atoms. The Morgan fingerprint density at radius 1 is 1.46 bits per heavy atom. The average molecular weight is 193 g/mol. The van der Waals surface area contributed by atoms with Crippen LogP contribution in [-0.2, 0) is 6.54 Å². The topological polar surface area (TPSA) is 3.24 Å². The molecule has 2 unspecified atom stereocenters. The van der Waals surface area contributed by atoms with Gasteiger partial charge in [0, 0.05) is 24.0 Å². The summed E-state index contributed by atoms with van der Waals surface area (Å²) < 4.78 is 0. The van der Waals surface area contributed by atoms with Crippen molar-refractivity contribution in [2.75, 3.05) is 6.54 Å². The summed E-state index contributed by atoms with van der Waals surface area (Å²) >= 11 is 1.89. The maximum absolute atomic E-state index is 2.66. The van der Waals surface area contributed by atoms with E-state index in [2.05, 4.69) is 22.4 Å². The van der Waals surface area contributed by atoms with E-state index >= 15 is 0 Å². The smallest absolute Gasteiger partial charge is 0.0331 e. The summed E-state index contributed by atoms with van der Waals surface area (Å²) in [7, 11) is 0. The van der Waals surface area contributed by atoms with Crippen LogP contribution in [0.3, 0.4) is 0 Å². The van der Waals surface area contributed by atoms with Gasteiger partial charge in [0.25, 0.3) is 0 Å². The van der Waals surface area contributed by atoms with E-state index in [1.54, 1.807) is 0 Å². The Labute approximate surface area is 83.4 Å².